The van der Waals surface area contributed by atoms with Crippen LogP contribution >= 0.6 is 11.6 Å². The molecule has 2 rings (SSSR count). The van der Waals surface area contributed by atoms with Gasteiger partial charge < -0.3 is 9.84 Å². The van der Waals surface area contributed by atoms with Gasteiger partial charge in [0, 0.05) is 5.39 Å². The third kappa shape index (κ3) is 1.65. The van der Waals surface area contributed by atoms with Crippen molar-refractivity contribution >= 4 is 29.0 Å². The van der Waals surface area contributed by atoms with Crippen molar-refractivity contribution in [3.63, 3.8) is 0 Å². The number of rotatable bonds is 3. The number of para-hydroxylation sites is 1. The molecule has 0 aliphatic heterocycles. The normalized spacial score (nSPS) is 11.7. The second-order valence-corrected chi connectivity index (χ2v) is 4.44. The summed E-state index contributed by atoms with van der Waals surface area (Å²) in [6.45, 7) is 3.69. The molecule has 0 aliphatic rings. The first-order chi connectivity index (χ1) is 7.56. The molecule has 1 N–H and O–H groups in total. The van der Waals surface area contributed by atoms with E-state index >= 15 is 0 Å². The summed E-state index contributed by atoms with van der Waals surface area (Å²) in [6.07, 6.45) is 0.644. The standard InChI is InChI=1S/C11H11ClN2O2/c1-11(2,13-6-15)10-7-4-3-5-8(12)9(7)16-14-10/h3-6H,1-2H3,(H,13,15). The monoisotopic (exact) mass is 238 g/mol. The van der Waals surface area contributed by atoms with Crippen LogP contribution in [0.2, 0.25) is 5.02 Å². The first-order valence-electron chi connectivity index (χ1n) is 4.82. The van der Waals surface area contributed by atoms with Gasteiger partial charge in [-0.25, -0.2) is 0 Å². The summed E-state index contributed by atoms with van der Waals surface area (Å²) in [5.41, 5.74) is 0.620. The molecular weight excluding hydrogens is 228 g/mol. The molecular formula is C11H11ClN2O2. The summed E-state index contributed by atoms with van der Waals surface area (Å²) in [6, 6.07) is 5.42. The SMILES string of the molecule is CC(C)(NC=O)c1noc2c(Cl)cccc12. The fourth-order valence-corrected chi connectivity index (χ4v) is 1.80. The average molecular weight is 239 g/mol. The van der Waals surface area contributed by atoms with Crippen LogP contribution in [-0.4, -0.2) is 11.6 Å². The molecule has 1 aromatic heterocycles. The van der Waals surface area contributed by atoms with Crippen molar-refractivity contribution in [2.75, 3.05) is 0 Å². The zero-order valence-corrected chi connectivity index (χ0v) is 9.71. The van der Waals surface area contributed by atoms with E-state index < -0.39 is 5.54 Å². The molecule has 0 radical (unpaired) electrons. The minimum atomic E-state index is -0.586. The summed E-state index contributed by atoms with van der Waals surface area (Å²) in [5, 5.41) is 7.98. The zero-order valence-electron chi connectivity index (χ0n) is 8.95. The lowest BCUT2D eigenvalue weighted by molar-refractivity contribution is -0.111. The number of halogens is 1. The van der Waals surface area contributed by atoms with E-state index in [1.165, 1.54) is 0 Å². The lowest BCUT2D eigenvalue weighted by Gasteiger charge is -2.20. The number of carbonyl (C=O) groups excluding carboxylic acids is 1. The number of nitrogens with zero attached hydrogens (tertiary/aromatic N) is 1. The molecule has 0 saturated carbocycles. The molecule has 84 valence electrons. The van der Waals surface area contributed by atoms with E-state index in [1.807, 2.05) is 26.0 Å². The van der Waals surface area contributed by atoms with Gasteiger partial charge in [0.15, 0.2) is 5.58 Å². The summed E-state index contributed by atoms with van der Waals surface area (Å²) in [5.74, 6) is 0. The highest BCUT2D eigenvalue weighted by Gasteiger charge is 2.26. The minimum Gasteiger partial charge on any atom is -0.354 e. The lowest BCUT2D eigenvalue weighted by atomic mass is 9.98. The van der Waals surface area contributed by atoms with Crippen LogP contribution in [0, 0.1) is 0 Å². The number of carbonyl (C=O) groups is 1. The number of benzene rings is 1. The lowest BCUT2D eigenvalue weighted by Crippen LogP contribution is -2.35. The van der Waals surface area contributed by atoms with Gasteiger partial charge in [-0.15, -0.1) is 0 Å². The van der Waals surface area contributed by atoms with E-state index in [-0.39, 0.29) is 0 Å². The molecule has 16 heavy (non-hydrogen) atoms. The maximum atomic E-state index is 10.5. The van der Waals surface area contributed by atoms with Gasteiger partial charge in [0.25, 0.3) is 0 Å². The van der Waals surface area contributed by atoms with Crippen LogP contribution < -0.4 is 5.32 Å². The number of amides is 1. The summed E-state index contributed by atoms with van der Waals surface area (Å²) < 4.78 is 5.17. The Kier molecular flexibility index (Phi) is 2.59. The number of aromatic nitrogens is 1. The van der Waals surface area contributed by atoms with E-state index in [4.69, 9.17) is 16.1 Å². The van der Waals surface area contributed by atoms with Gasteiger partial charge >= 0.3 is 0 Å². The molecule has 1 aromatic carbocycles. The third-order valence-corrected chi connectivity index (χ3v) is 2.76. The first kappa shape index (κ1) is 11.0. The maximum Gasteiger partial charge on any atom is 0.207 e. The fraction of sp³-hybridized carbons (Fsp3) is 0.273. The average Bonchev–Trinajstić information content (AvgIpc) is 2.63. The highest BCUT2D eigenvalue weighted by atomic mass is 35.5. The smallest absolute Gasteiger partial charge is 0.207 e. The molecule has 0 bridgehead atoms. The van der Waals surface area contributed by atoms with E-state index in [0.717, 1.165) is 5.39 Å². The summed E-state index contributed by atoms with van der Waals surface area (Å²) >= 11 is 5.97. The molecule has 2 aromatic rings. The highest BCUT2D eigenvalue weighted by molar-refractivity contribution is 6.34. The van der Waals surface area contributed by atoms with Gasteiger partial charge in [-0.2, -0.15) is 0 Å². The van der Waals surface area contributed by atoms with Crippen LogP contribution in [0.1, 0.15) is 19.5 Å². The molecule has 0 spiro atoms. The Morgan fingerprint density at radius 1 is 1.50 bits per heavy atom. The zero-order chi connectivity index (χ0) is 11.8. The number of fused-ring (bicyclic) bond motifs is 1. The highest BCUT2D eigenvalue weighted by Crippen LogP contribution is 2.31. The first-order valence-corrected chi connectivity index (χ1v) is 5.20. The Balaban J connectivity index is 2.62. The van der Waals surface area contributed by atoms with Crippen molar-refractivity contribution in [2.24, 2.45) is 0 Å². The van der Waals surface area contributed by atoms with Crippen molar-refractivity contribution < 1.29 is 9.32 Å². The largest absolute Gasteiger partial charge is 0.354 e. The van der Waals surface area contributed by atoms with E-state index in [2.05, 4.69) is 10.5 Å². The van der Waals surface area contributed by atoms with Gasteiger partial charge in [-0.1, -0.05) is 22.8 Å². The van der Waals surface area contributed by atoms with Crippen LogP contribution in [-0.2, 0) is 10.3 Å². The Morgan fingerprint density at radius 2 is 2.25 bits per heavy atom. The molecule has 4 nitrogen and oxygen atoms in total. The molecule has 1 amide bonds. The van der Waals surface area contributed by atoms with E-state index in [1.54, 1.807) is 6.07 Å². The number of hydrogen-bond acceptors (Lipinski definition) is 3. The van der Waals surface area contributed by atoms with Gasteiger partial charge in [-0.3, -0.25) is 4.79 Å². The van der Waals surface area contributed by atoms with Crippen molar-refractivity contribution in [1.29, 1.82) is 0 Å². The number of hydrogen-bond donors (Lipinski definition) is 1. The molecule has 0 saturated heterocycles. The van der Waals surface area contributed by atoms with Crippen molar-refractivity contribution in [3.05, 3.63) is 28.9 Å². The molecule has 0 atom stereocenters. The van der Waals surface area contributed by atoms with Crippen LogP contribution in [0.4, 0.5) is 0 Å². The number of nitrogens with one attached hydrogen (secondary N) is 1. The second kappa shape index (κ2) is 3.79. The van der Waals surface area contributed by atoms with Crippen LogP contribution in [0.25, 0.3) is 11.0 Å². The van der Waals surface area contributed by atoms with Crippen LogP contribution in [0.5, 0.6) is 0 Å². The Bertz CT molecular complexity index is 534. The van der Waals surface area contributed by atoms with Gasteiger partial charge in [0.1, 0.15) is 5.69 Å². The molecule has 1 heterocycles. The molecule has 0 unspecified atom stereocenters. The summed E-state index contributed by atoms with van der Waals surface area (Å²) in [7, 11) is 0. The second-order valence-electron chi connectivity index (χ2n) is 4.03. The van der Waals surface area contributed by atoms with Crippen molar-refractivity contribution in [2.45, 2.75) is 19.4 Å². The molecule has 5 heteroatoms. The summed E-state index contributed by atoms with van der Waals surface area (Å²) in [4.78, 5) is 10.5. The maximum absolute atomic E-state index is 10.5. The quantitative estimate of drug-likeness (QED) is 0.836. The van der Waals surface area contributed by atoms with Gasteiger partial charge in [0.05, 0.1) is 10.6 Å². The van der Waals surface area contributed by atoms with Gasteiger partial charge in [-0.05, 0) is 26.0 Å². The third-order valence-electron chi connectivity index (χ3n) is 2.46. The fourth-order valence-electron chi connectivity index (χ4n) is 1.60. The van der Waals surface area contributed by atoms with Crippen LogP contribution in [0.3, 0.4) is 0 Å². The Morgan fingerprint density at radius 3 is 2.94 bits per heavy atom. The molecule has 0 aliphatic carbocycles. The van der Waals surface area contributed by atoms with Crippen LogP contribution in [0.15, 0.2) is 22.7 Å². The predicted octanol–water partition coefficient (Wildman–Crippen LogP) is 2.46. The van der Waals surface area contributed by atoms with E-state index in [0.29, 0.717) is 22.7 Å². The molecule has 0 fully saturated rings. The Labute approximate surface area is 97.6 Å². The minimum absolute atomic E-state index is 0.512. The van der Waals surface area contributed by atoms with Crippen molar-refractivity contribution in [3.8, 4) is 0 Å². The topological polar surface area (TPSA) is 55.1 Å². The van der Waals surface area contributed by atoms with Crippen molar-refractivity contribution in [1.82, 2.24) is 10.5 Å². The van der Waals surface area contributed by atoms with E-state index in [9.17, 15) is 4.79 Å². The Hall–Kier alpha value is -1.55. The predicted molar refractivity (Wildman–Crippen MR) is 61.2 cm³/mol. The van der Waals surface area contributed by atoms with Gasteiger partial charge in [0.2, 0.25) is 6.41 Å².